The summed E-state index contributed by atoms with van der Waals surface area (Å²) in [6.45, 7) is 0. The normalized spacial score (nSPS) is 11.5. The summed E-state index contributed by atoms with van der Waals surface area (Å²) in [6.07, 6.45) is 0. The van der Waals surface area contributed by atoms with Crippen LogP contribution in [0.5, 0.6) is 0 Å². The maximum Gasteiger partial charge on any atom is 0.143 e. The summed E-state index contributed by atoms with van der Waals surface area (Å²) in [6, 6.07) is 103. The minimum atomic E-state index is 0.884. The summed E-state index contributed by atoms with van der Waals surface area (Å²) in [5.41, 5.74) is 16.8. The summed E-state index contributed by atoms with van der Waals surface area (Å²) in [5, 5.41) is 11.2. The van der Waals surface area contributed by atoms with E-state index in [1.165, 1.54) is 65.3 Å². The van der Waals surface area contributed by atoms with Crippen LogP contribution in [0.1, 0.15) is 0 Å². The summed E-state index contributed by atoms with van der Waals surface area (Å²) in [4.78, 5) is 2.36. The second-order valence-corrected chi connectivity index (χ2v) is 19.2. The Kier molecular flexibility index (Phi) is 10.6. The van der Waals surface area contributed by atoms with Gasteiger partial charge >= 0.3 is 0 Å². The Morgan fingerprint density at radius 2 is 0.581 bits per heavy atom. The van der Waals surface area contributed by atoms with Gasteiger partial charge in [0.15, 0.2) is 0 Å². The molecular formula is C72H47NO. The number of rotatable bonds is 9. The highest BCUT2D eigenvalue weighted by atomic mass is 16.3. The van der Waals surface area contributed by atoms with Gasteiger partial charge in [-0.1, -0.05) is 224 Å². The minimum absolute atomic E-state index is 0.884. The molecule has 0 saturated carbocycles. The zero-order chi connectivity index (χ0) is 49.0. The van der Waals surface area contributed by atoms with Crippen LogP contribution in [0.2, 0.25) is 0 Å². The Balaban J connectivity index is 0.778. The molecule has 13 aromatic carbocycles. The van der Waals surface area contributed by atoms with Gasteiger partial charge in [0.1, 0.15) is 11.3 Å². The first-order chi connectivity index (χ1) is 36.6. The predicted octanol–water partition coefficient (Wildman–Crippen LogP) is 20.5. The Hall–Kier alpha value is -9.76. The monoisotopic (exact) mass is 941 g/mol. The topological polar surface area (TPSA) is 16.4 Å². The Morgan fingerprint density at radius 1 is 0.216 bits per heavy atom. The molecule has 74 heavy (non-hydrogen) atoms. The number of nitrogens with zero attached hydrogens (tertiary/aromatic N) is 1. The Morgan fingerprint density at radius 3 is 1.11 bits per heavy atom. The number of hydrogen-bond donors (Lipinski definition) is 0. The molecule has 1 heterocycles. The SMILES string of the molecule is c1ccc(-c2c(-c3cccc(-c4ccc(-c5ccc(N(c6ccc(-c7ccc8c(ccc9ccccc98)c7)cc6)c6ccc(-c7ccc8c(ccc9ccccc98)c7)cc6)cc5)cc4)c3)oc3ccccc23)cc1. The minimum Gasteiger partial charge on any atom is -0.455 e. The van der Waals surface area contributed by atoms with Crippen molar-refractivity contribution in [3.8, 4) is 67.0 Å². The molecule has 346 valence electrons. The van der Waals surface area contributed by atoms with E-state index in [9.17, 15) is 0 Å². The maximum absolute atomic E-state index is 6.58. The molecule has 14 aromatic rings. The molecule has 0 unspecified atom stereocenters. The summed E-state index contributed by atoms with van der Waals surface area (Å²) in [7, 11) is 0. The second kappa shape index (κ2) is 18.1. The molecule has 0 bridgehead atoms. The first kappa shape index (κ1) is 43.1. The molecular weight excluding hydrogens is 895 g/mol. The third-order valence-corrected chi connectivity index (χ3v) is 14.9. The molecule has 0 N–H and O–H groups in total. The van der Waals surface area contributed by atoms with E-state index in [0.717, 1.165) is 72.7 Å². The molecule has 0 radical (unpaired) electrons. The molecule has 0 spiro atoms. The molecule has 1 aromatic heterocycles. The lowest BCUT2D eigenvalue weighted by atomic mass is 9.95. The van der Waals surface area contributed by atoms with Crippen LogP contribution in [0.4, 0.5) is 17.1 Å². The van der Waals surface area contributed by atoms with Crippen LogP contribution >= 0.6 is 0 Å². The number of hydrogen-bond acceptors (Lipinski definition) is 2. The molecule has 2 heteroatoms. The highest BCUT2D eigenvalue weighted by Crippen LogP contribution is 2.43. The van der Waals surface area contributed by atoms with Crippen molar-refractivity contribution in [1.82, 2.24) is 0 Å². The van der Waals surface area contributed by atoms with Gasteiger partial charge in [0, 0.05) is 33.6 Å². The van der Waals surface area contributed by atoms with Gasteiger partial charge in [0.25, 0.3) is 0 Å². The van der Waals surface area contributed by atoms with Crippen molar-refractivity contribution < 1.29 is 4.42 Å². The zero-order valence-corrected chi connectivity index (χ0v) is 40.5. The van der Waals surface area contributed by atoms with Gasteiger partial charge in [-0.15, -0.1) is 0 Å². The fourth-order valence-electron chi connectivity index (χ4n) is 11.1. The van der Waals surface area contributed by atoms with Gasteiger partial charge in [-0.25, -0.2) is 0 Å². The van der Waals surface area contributed by atoms with Gasteiger partial charge in [0.05, 0.1) is 0 Å². The van der Waals surface area contributed by atoms with Crippen molar-refractivity contribution in [3.05, 3.63) is 285 Å². The molecule has 0 aliphatic rings. The van der Waals surface area contributed by atoms with Crippen LogP contribution < -0.4 is 4.90 Å². The van der Waals surface area contributed by atoms with Crippen LogP contribution in [0.3, 0.4) is 0 Å². The van der Waals surface area contributed by atoms with Crippen molar-refractivity contribution >= 4 is 71.1 Å². The number of para-hydroxylation sites is 1. The number of anilines is 3. The summed E-state index contributed by atoms with van der Waals surface area (Å²) < 4.78 is 6.58. The third kappa shape index (κ3) is 7.78. The molecule has 0 aliphatic heterocycles. The van der Waals surface area contributed by atoms with E-state index in [1.54, 1.807) is 0 Å². The molecule has 14 rings (SSSR count). The molecule has 0 aliphatic carbocycles. The van der Waals surface area contributed by atoms with Crippen molar-refractivity contribution in [2.75, 3.05) is 4.90 Å². The summed E-state index contributed by atoms with van der Waals surface area (Å²) in [5.74, 6) is 0.884. The molecule has 0 amide bonds. The van der Waals surface area contributed by atoms with Gasteiger partial charge in [-0.3, -0.25) is 0 Å². The third-order valence-electron chi connectivity index (χ3n) is 14.9. The average molecular weight is 942 g/mol. The first-order valence-corrected chi connectivity index (χ1v) is 25.4. The van der Waals surface area contributed by atoms with E-state index in [4.69, 9.17) is 4.42 Å². The Bertz CT molecular complexity index is 4220. The summed E-state index contributed by atoms with van der Waals surface area (Å²) >= 11 is 0. The second-order valence-electron chi connectivity index (χ2n) is 19.2. The van der Waals surface area contributed by atoms with Crippen molar-refractivity contribution in [2.24, 2.45) is 0 Å². The fraction of sp³-hybridized carbons (Fsp3) is 0. The average Bonchev–Trinajstić information content (AvgIpc) is 3.89. The van der Waals surface area contributed by atoms with Crippen molar-refractivity contribution in [2.45, 2.75) is 0 Å². The number of fused-ring (bicyclic) bond motifs is 7. The standard InChI is InChI=1S/C72H47NO/c1-2-13-55(14-3-1)71-69-19-8-9-20-70(69)74-72(71)61-16-10-15-56(47-61)50-23-21-48(22-24-50)49-29-37-62(38-30-49)73(63-39-31-51(32-40-63)57-35-43-67-59(45-57)27-25-53-11-4-6-17-65(53)67)64-41-33-52(34-42-64)58-36-44-68-60(46-58)28-26-54-12-5-7-18-66(54)68/h1-47H. The molecule has 0 fully saturated rings. The predicted molar refractivity (Wildman–Crippen MR) is 314 cm³/mol. The van der Waals surface area contributed by atoms with Crippen molar-refractivity contribution in [1.29, 1.82) is 0 Å². The zero-order valence-electron chi connectivity index (χ0n) is 40.5. The van der Waals surface area contributed by atoms with Crippen molar-refractivity contribution in [3.63, 3.8) is 0 Å². The highest BCUT2D eigenvalue weighted by molar-refractivity contribution is 6.10. The fourth-order valence-corrected chi connectivity index (χ4v) is 11.1. The smallest absolute Gasteiger partial charge is 0.143 e. The maximum atomic E-state index is 6.58. The van der Waals surface area contributed by atoms with Gasteiger partial charge in [-0.2, -0.15) is 0 Å². The van der Waals surface area contributed by atoms with Crippen LogP contribution in [-0.4, -0.2) is 0 Å². The molecule has 2 nitrogen and oxygen atoms in total. The lowest BCUT2D eigenvalue weighted by Crippen LogP contribution is -2.09. The highest BCUT2D eigenvalue weighted by Gasteiger charge is 2.19. The lowest BCUT2D eigenvalue weighted by Gasteiger charge is -2.26. The van der Waals surface area contributed by atoms with Crippen LogP contribution in [0.25, 0.3) is 121 Å². The van der Waals surface area contributed by atoms with E-state index < -0.39 is 0 Å². The quantitative estimate of drug-likeness (QED) is 0.134. The van der Waals surface area contributed by atoms with E-state index in [2.05, 4.69) is 284 Å². The number of furan rings is 1. The van der Waals surface area contributed by atoms with E-state index in [0.29, 0.717) is 0 Å². The number of benzene rings is 13. The first-order valence-electron chi connectivity index (χ1n) is 25.4. The van der Waals surface area contributed by atoms with E-state index >= 15 is 0 Å². The van der Waals surface area contributed by atoms with E-state index in [-0.39, 0.29) is 0 Å². The van der Waals surface area contributed by atoms with E-state index in [1.807, 2.05) is 6.07 Å². The molecule has 0 atom stereocenters. The molecule has 0 saturated heterocycles. The van der Waals surface area contributed by atoms with Gasteiger partial charge in [-0.05, 0) is 154 Å². The lowest BCUT2D eigenvalue weighted by molar-refractivity contribution is 0.632. The largest absolute Gasteiger partial charge is 0.455 e. The van der Waals surface area contributed by atoms with Gasteiger partial charge in [0.2, 0.25) is 0 Å². The van der Waals surface area contributed by atoms with Gasteiger partial charge < -0.3 is 9.32 Å². The Labute approximate surface area is 430 Å². The van der Waals surface area contributed by atoms with Crippen LogP contribution in [-0.2, 0) is 0 Å². The van der Waals surface area contributed by atoms with Crippen LogP contribution in [0.15, 0.2) is 290 Å². The van der Waals surface area contributed by atoms with Crippen LogP contribution in [0, 0.1) is 0 Å².